The van der Waals surface area contributed by atoms with E-state index in [1.165, 1.54) is 0 Å². The first-order valence-electron chi connectivity index (χ1n) is 6.73. The summed E-state index contributed by atoms with van der Waals surface area (Å²) in [6, 6.07) is 7.57. The van der Waals surface area contributed by atoms with Crippen LogP contribution in [0.5, 0.6) is 0 Å². The van der Waals surface area contributed by atoms with Crippen molar-refractivity contribution in [3.8, 4) is 0 Å². The Labute approximate surface area is 115 Å². The van der Waals surface area contributed by atoms with Gasteiger partial charge in [0.15, 0.2) is 0 Å². The number of hydrogen-bond donors (Lipinski definition) is 2. The van der Waals surface area contributed by atoms with Crippen LogP contribution in [0.3, 0.4) is 0 Å². The lowest BCUT2D eigenvalue weighted by atomic mass is 10.0. The molecule has 0 amide bonds. The van der Waals surface area contributed by atoms with Crippen LogP contribution in [0, 0.1) is 6.92 Å². The van der Waals surface area contributed by atoms with Gasteiger partial charge in [-0.05, 0) is 30.9 Å². The maximum Gasteiger partial charge on any atom is 0.216 e. The zero-order chi connectivity index (χ0) is 13.9. The molecular weight excluding hydrogens is 260 g/mol. The molecule has 2 rings (SSSR count). The molecular formula is C14H22N2O2S. The molecule has 0 unspecified atom stereocenters. The van der Waals surface area contributed by atoms with E-state index in [0.29, 0.717) is 6.54 Å². The third-order valence-electron chi connectivity index (χ3n) is 3.93. The first-order chi connectivity index (χ1) is 8.96. The average Bonchev–Trinajstić information content (AvgIpc) is 2.80. The number of nitrogens with one attached hydrogen (secondary N) is 1. The van der Waals surface area contributed by atoms with Gasteiger partial charge in [-0.2, -0.15) is 0 Å². The van der Waals surface area contributed by atoms with Crippen molar-refractivity contribution >= 4 is 10.0 Å². The average molecular weight is 282 g/mol. The van der Waals surface area contributed by atoms with E-state index in [1.54, 1.807) is 0 Å². The predicted molar refractivity (Wildman–Crippen MR) is 77.2 cm³/mol. The molecule has 0 bridgehead atoms. The van der Waals surface area contributed by atoms with Gasteiger partial charge in [-0.15, -0.1) is 0 Å². The van der Waals surface area contributed by atoms with E-state index >= 15 is 0 Å². The molecule has 1 aromatic rings. The number of rotatable bonds is 5. The molecule has 106 valence electrons. The Morgan fingerprint density at radius 3 is 2.47 bits per heavy atom. The van der Waals surface area contributed by atoms with Crippen LogP contribution in [0.4, 0.5) is 0 Å². The molecule has 0 aromatic heterocycles. The van der Waals surface area contributed by atoms with Crippen LogP contribution in [0.2, 0.25) is 0 Å². The van der Waals surface area contributed by atoms with Gasteiger partial charge in [-0.3, -0.25) is 0 Å². The van der Waals surface area contributed by atoms with E-state index in [4.69, 9.17) is 5.73 Å². The number of sulfonamides is 1. The molecule has 1 aromatic carbocycles. The fraction of sp³-hybridized carbons (Fsp3) is 0.571. The quantitative estimate of drug-likeness (QED) is 0.863. The summed E-state index contributed by atoms with van der Waals surface area (Å²) in [4.78, 5) is 0. The van der Waals surface area contributed by atoms with E-state index in [-0.39, 0.29) is 5.75 Å². The molecule has 1 fully saturated rings. The summed E-state index contributed by atoms with van der Waals surface area (Å²) >= 11 is 0. The van der Waals surface area contributed by atoms with Crippen LogP contribution in [0.1, 0.15) is 36.8 Å². The largest absolute Gasteiger partial charge is 0.329 e. The Bertz CT molecular complexity index is 534. The lowest BCUT2D eigenvalue weighted by Gasteiger charge is -2.28. The molecule has 0 radical (unpaired) electrons. The minimum Gasteiger partial charge on any atom is -0.329 e. The Hall–Kier alpha value is -0.910. The van der Waals surface area contributed by atoms with Gasteiger partial charge in [-0.1, -0.05) is 37.1 Å². The van der Waals surface area contributed by atoms with Crippen molar-refractivity contribution in [2.24, 2.45) is 5.73 Å². The Morgan fingerprint density at radius 2 is 1.89 bits per heavy atom. The number of benzene rings is 1. The second-order valence-electron chi connectivity index (χ2n) is 5.48. The van der Waals surface area contributed by atoms with Crippen molar-refractivity contribution in [3.63, 3.8) is 0 Å². The summed E-state index contributed by atoms with van der Waals surface area (Å²) in [6.07, 6.45) is 3.78. The minimum atomic E-state index is -3.34. The third kappa shape index (κ3) is 3.55. The van der Waals surface area contributed by atoms with Crippen molar-refractivity contribution in [1.82, 2.24) is 4.72 Å². The van der Waals surface area contributed by atoms with Crippen LogP contribution in [0.25, 0.3) is 0 Å². The van der Waals surface area contributed by atoms with Crippen LogP contribution in [-0.4, -0.2) is 20.5 Å². The van der Waals surface area contributed by atoms with Gasteiger partial charge >= 0.3 is 0 Å². The summed E-state index contributed by atoms with van der Waals surface area (Å²) in [5, 5.41) is 0. The smallest absolute Gasteiger partial charge is 0.216 e. The van der Waals surface area contributed by atoms with E-state index < -0.39 is 15.6 Å². The van der Waals surface area contributed by atoms with Crippen LogP contribution in [0.15, 0.2) is 24.3 Å². The molecule has 0 heterocycles. The second-order valence-corrected chi connectivity index (χ2v) is 7.20. The number of aryl methyl sites for hydroxylation is 1. The van der Waals surface area contributed by atoms with E-state index in [0.717, 1.165) is 36.8 Å². The molecule has 5 heteroatoms. The molecule has 4 nitrogen and oxygen atoms in total. The Balaban J connectivity index is 2.13. The highest BCUT2D eigenvalue weighted by atomic mass is 32.2. The normalized spacial score (nSPS) is 18.6. The topological polar surface area (TPSA) is 72.2 Å². The molecule has 0 aliphatic heterocycles. The van der Waals surface area contributed by atoms with E-state index in [9.17, 15) is 8.42 Å². The van der Waals surface area contributed by atoms with Gasteiger partial charge in [0, 0.05) is 12.1 Å². The molecule has 0 atom stereocenters. The highest BCUT2D eigenvalue weighted by Gasteiger charge is 2.36. The van der Waals surface area contributed by atoms with Gasteiger partial charge < -0.3 is 5.73 Å². The molecule has 3 N–H and O–H groups in total. The van der Waals surface area contributed by atoms with Gasteiger partial charge in [-0.25, -0.2) is 13.1 Å². The molecule has 19 heavy (non-hydrogen) atoms. The highest BCUT2D eigenvalue weighted by molar-refractivity contribution is 7.88. The number of nitrogens with two attached hydrogens (primary N) is 1. The van der Waals surface area contributed by atoms with Gasteiger partial charge in [0.05, 0.1) is 5.75 Å². The highest BCUT2D eigenvalue weighted by Crippen LogP contribution is 2.29. The Morgan fingerprint density at radius 1 is 1.26 bits per heavy atom. The van der Waals surface area contributed by atoms with Gasteiger partial charge in [0.1, 0.15) is 0 Å². The SMILES string of the molecule is Cc1ccccc1CS(=O)(=O)NC1(CN)CCCC1. The van der Waals surface area contributed by atoms with Crippen molar-refractivity contribution in [2.75, 3.05) is 6.54 Å². The van der Waals surface area contributed by atoms with Crippen molar-refractivity contribution in [3.05, 3.63) is 35.4 Å². The monoisotopic (exact) mass is 282 g/mol. The first-order valence-corrected chi connectivity index (χ1v) is 8.38. The molecule has 1 aliphatic rings. The maximum atomic E-state index is 12.3. The molecule has 0 spiro atoms. The van der Waals surface area contributed by atoms with Crippen LogP contribution in [-0.2, 0) is 15.8 Å². The van der Waals surface area contributed by atoms with Crippen LogP contribution >= 0.6 is 0 Å². The summed E-state index contributed by atoms with van der Waals surface area (Å²) in [5.74, 6) is 0.0292. The summed E-state index contributed by atoms with van der Waals surface area (Å²) in [7, 11) is -3.34. The van der Waals surface area contributed by atoms with E-state index in [1.807, 2.05) is 31.2 Å². The fourth-order valence-electron chi connectivity index (χ4n) is 2.74. The van der Waals surface area contributed by atoms with Crippen molar-refractivity contribution in [2.45, 2.75) is 43.9 Å². The summed E-state index contributed by atoms with van der Waals surface area (Å²) in [5.41, 5.74) is 7.21. The van der Waals surface area contributed by atoms with Crippen LogP contribution < -0.4 is 10.5 Å². The summed E-state index contributed by atoms with van der Waals surface area (Å²) in [6.45, 7) is 2.30. The number of hydrogen-bond acceptors (Lipinski definition) is 3. The minimum absolute atomic E-state index is 0.0292. The summed E-state index contributed by atoms with van der Waals surface area (Å²) < 4.78 is 27.5. The van der Waals surface area contributed by atoms with E-state index in [2.05, 4.69) is 4.72 Å². The second kappa shape index (κ2) is 5.61. The standard InChI is InChI=1S/C14H22N2O2S/c1-12-6-2-3-7-13(12)10-19(17,18)16-14(11-15)8-4-5-9-14/h2-3,6-7,16H,4-5,8-11,15H2,1H3. The van der Waals surface area contributed by atoms with Gasteiger partial charge in [0.2, 0.25) is 10.0 Å². The molecule has 0 saturated heterocycles. The lowest BCUT2D eigenvalue weighted by Crippen LogP contribution is -2.51. The molecule has 1 aliphatic carbocycles. The fourth-order valence-corrected chi connectivity index (χ4v) is 4.50. The zero-order valence-electron chi connectivity index (χ0n) is 11.4. The van der Waals surface area contributed by atoms with Gasteiger partial charge in [0.25, 0.3) is 0 Å². The predicted octanol–water partition coefficient (Wildman–Crippen LogP) is 1.69. The van der Waals surface area contributed by atoms with Crippen molar-refractivity contribution in [1.29, 1.82) is 0 Å². The van der Waals surface area contributed by atoms with Crippen molar-refractivity contribution < 1.29 is 8.42 Å². The molecule has 1 saturated carbocycles. The lowest BCUT2D eigenvalue weighted by molar-refractivity contribution is 0.399. The Kier molecular flexibility index (Phi) is 4.28. The maximum absolute atomic E-state index is 12.3. The first kappa shape index (κ1) is 14.5. The third-order valence-corrected chi connectivity index (χ3v) is 5.37. The zero-order valence-corrected chi connectivity index (χ0v) is 12.2.